The summed E-state index contributed by atoms with van der Waals surface area (Å²) in [6, 6.07) is 31.4. The zero-order chi connectivity index (χ0) is 28.1. The van der Waals surface area contributed by atoms with Gasteiger partial charge in [-0.05, 0) is 46.0 Å². The average molecular weight is 534 g/mol. The SMILES string of the molecule is CC(C)[C@H](NC(=O)c1ccccc1)C(=O)OCC(=O)N1N=C(c2ccc3ccccc3c2)CC1c1ccccc1. The van der Waals surface area contributed by atoms with Gasteiger partial charge in [-0.3, -0.25) is 9.59 Å². The zero-order valence-corrected chi connectivity index (χ0v) is 22.5. The number of rotatable bonds is 8. The second-order valence-electron chi connectivity index (χ2n) is 10.1. The van der Waals surface area contributed by atoms with E-state index in [0.29, 0.717) is 12.0 Å². The van der Waals surface area contributed by atoms with Crippen molar-refractivity contribution >= 4 is 34.3 Å². The minimum atomic E-state index is -0.902. The highest BCUT2D eigenvalue weighted by Gasteiger charge is 2.34. The van der Waals surface area contributed by atoms with E-state index in [4.69, 9.17) is 9.84 Å². The fraction of sp³-hybridized carbons (Fsp3) is 0.212. The van der Waals surface area contributed by atoms with Gasteiger partial charge < -0.3 is 10.1 Å². The van der Waals surface area contributed by atoms with E-state index in [1.807, 2.05) is 80.6 Å². The number of hydrogen-bond acceptors (Lipinski definition) is 5. The summed E-state index contributed by atoms with van der Waals surface area (Å²) in [5.74, 6) is -1.72. The molecular formula is C33H31N3O4. The number of amides is 2. The van der Waals surface area contributed by atoms with Gasteiger partial charge in [0.05, 0.1) is 11.8 Å². The van der Waals surface area contributed by atoms with Crippen molar-refractivity contribution in [3.8, 4) is 0 Å². The molecule has 1 N–H and O–H groups in total. The first-order valence-electron chi connectivity index (χ1n) is 13.4. The lowest BCUT2D eigenvalue weighted by atomic mass is 9.97. The van der Waals surface area contributed by atoms with Crippen LogP contribution in [0, 0.1) is 5.92 Å². The molecule has 0 radical (unpaired) electrons. The second-order valence-corrected chi connectivity index (χ2v) is 10.1. The Kier molecular flexibility index (Phi) is 8.01. The number of fused-ring (bicyclic) bond motifs is 1. The first kappa shape index (κ1) is 26.8. The number of esters is 1. The largest absolute Gasteiger partial charge is 0.454 e. The average Bonchev–Trinajstić information content (AvgIpc) is 3.44. The normalized spacial score (nSPS) is 15.5. The Morgan fingerprint density at radius 1 is 0.875 bits per heavy atom. The van der Waals surface area contributed by atoms with Gasteiger partial charge in [0.15, 0.2) is 6.61 Å². The molecule has 4 aromatic carbocycles. The third-order valence-electron chi connectivity index (χ3n) is 7.01. The smallest absolute Gasteiger partial charge is 0.329 e. The number of nitrogens with one attached hydrogen (secondary N) is 1. The highest BCUT2D eigenvalue weighted by atomic mass is 16.5. The van der Waals surface area contributed by atoms with Crippen LogP contribution < -0.4 is 5.32 Å². The molecular weight excluding hydrogens is 502 g/mol. The second kappa shape index (κ2) is 11.9. The number of carbonyl (C=O) groups is 3. The van der Waals surface area contributed by atoms with Crippen molar-refractivity contribution in [1.82, 2.24) is 10.3 Å². The fourth-order valence-electron chi connectivity index (χ4n) is 4.82. The van der Waals surface area contributed by atoms with Gasteiger partial charge in [-0.25, -0.2) is 9.80 Å². The summed E-state index contributed by atoms with van der Waals surface area (Å²) in [7, 11) is 0. The predicted molar refractivity (Wildman–Crippen MR) is 155 cm³/mol. The van der Waals surface area contributed by atoms with Crippen molar-refractivity contribution in [3.63, 3.8) is 0 Å². The monoisotopic (exact) mass is 533 g/mol. The molecule has 2 atom stereocenters. The van der Waals surface area contributed by atoms with E-state index < -0.39 is 24.5 Å². The van der Waals surface area contributed by atoms with Crippen molar-refractivity contribution in [1.29, 1.82) is 0 Å². The van der Waals surface area contributed by atoms with Crippen molar-refractivity contribution in [3.05, 3.63) is 120 Å². The van der Waals surface area contributed by atoms with Gasteiger partial charge in [-0.1, -0.05) is 98.8 Å². The summed E-state index contributed by atoms with van der Waals surface area (Å²) in [5.41, 5.74) is 3.11. The molecule has 5 rings (SSSR count). The zero-order valence-electron chi connectivity index (χ0n) is 22.5. The quantitative estimate of drug-likeness (QED) is 0.302. The molecule has 0 spiro atoms. The van der Waals surface area contributed by atoms with E-state index in [1.54, 1.807) is 24.3 Å². The van der Waals surface area contributed by atoms with Crippen LogP contribution >= 0.6 is 0 Å². The third-order valence-corrected chi connectivity index (χ3v) is 7.01. The Morgan fingerprint density at radius 3 is 2.23 bits per heavy atom. The maximum absolute atomic E-state index is 13.4. The minimum absolute atomic E-state index is 0.239. The van der Waals surface area contributed by atoms with Crippen molar-refractivity contribution in [2.24, 2.45) is 11.0 Å². The number of hydrogen-bond donors (Lipinski definition) is 1. The van der Waals surface area contributed by atoms with Crippen LogP contribution in [0.4, 0.5) is 0 Å². The van der Waals surface area contributed by atoms with E-state index in [-0.39, 0.29) is 17.9 Å². The molecule has 7 nitrogen and oxygen atoms in total. The summed E-state index contributed by atoms with van der Waals surface area (Å²) >= 11 is 0. The Labute approximate surface area is 233 Å². The van der Waals surface area contributed by atoms with Crippen LogP contribution in [0.1, 0.15) is 47.8 Å². The molecule has 0 fully saturated rings. The summed E-state index contributed by atoms with van der Waals surface area (Å²) in [6.45, 7) is 3.14. The lowest BCUT2D eigenvalue weighted by Gasteiger charge is -2.24. The van der Waals surface area contributed by atoms with Gasteiger partial charge in [0, 0.05) is 12.0 Å². The van der Waals surface area contributed by atoms with Crippen LogP contribution in [-0.2, 0) is 14.3 Å². The van der Waals surface area contributed by atoms with E-state index >= 15 is 0 Å². The van der Waals surface area contributed by atoms with Gasteiger partial charge in [-0.2, -0.15) is 5.10 Å². The molecule has 0 saturated carbocycles. The summed E-state index contributed by atoms with van der Waals surface area (Å²) < 4.78 is 5.45. The van der Waals surface area contributed by atoms with Gasteiger partial charge in [-0.15, -0.1) is 0 Å². The number of hydrazone groups is 1. The predicted octanol–water partition coefficient (Wildman–Crippen LogP) is 5.52. The van der Waals surface area contributed by atoms with Crippen LogP contribution in [0.15, 0.2) is 108 Å². The standard InChI is InChI=1S/C33H31N3O4/c1-22(2)31(34-32(38)25-14-7-4-8-15-25)33(39)40-21-30(37)36-29(24-12-5-3-6-13-24)20-28(35-36)27-18-17-23-11-9-10-16-26(23)19-27/h3-19,22,29,31H,20-21H2,1-2H3,(H,34,38)/t29?,31-/m0/s1. The molecule has 4 aromatic rings. The molecule has 202 valence electrons. The van der Waals surface area contributed by atoms with Crippen LogP contribution in [-0.4, -0.2) is 41.2 Å². The third kappa shape index (κ3) is 5.94. The summed E-state index contributed by atoms with van der Waals surface area (Å²) in [6.07, 6.45) is 0.532. The topological polar surface area (TPSA) is 88.1 Å². The van der Waals surface area contributed by atoms with Gasteiger partial charge in [0.2, 0.25) is 0 Å². The highest BCUT2D eigenvalue weighted by Crippen LogP contribution is 2.33. The first-order valence-corrected chi connectivity index (χ1v) is 13.4. The van der Waals surface area contributed by atoms with Crippen molar-refractivity contribution < 1.29 is 19.1 Å². The first-order chi connectivity index (χ1) is 19.4. The molecule has 1 aliphatic heterocycles. The molecule has 0 bridgehead atoms. The van der Waals surface area contributed by atoms with Crippen molar-refractivity contribution in [2.45, 2.75) is 32.4 Å². The summed E-state index contributed by atoms with van der Waals surface area (Å²) in [4.78, 5) is 39.1. The molecule has 1 heterocycles. The number of ether oxygens (including phenoxy) is 1. The maximum Gasteiger partial charge on any atom is 0.329 e. The van der Waals surface area contributed by atoms with Gasteiger partial charge in [0.1, 0.15) is 6.04 Å². The number of nitrogens with zero attached hydrogens (tertiary/aromatic N) is 2. The Morgan fingerprint density at radius 2 is 1.52 bits per heavy atom. The molecule has 1 aliphatic rings. The van der Waals surface area contributed by atoms with E-state index in [9.17, 15) is 14.4 Å². The van der Waals surface area contributed by atoms with Crippen LogP contribution in [0.3, 0.4) is 0 Å². The minimum Gasteiger partial charge on any atom is -0.454 e. The van der Waals surface area contributed by atoms with Crippen LogP contribution in [0.2, 0.25) is 0 Å². The van der Waals surface area contributed by atoms with Crippen LogP contribution in [0.25, 0.3) is 10.8 Å². The molecule has 7 heteroatoms. The van der Waals surface area contributed by atoms with Crippen molar-refractivity contribution in [2.75, 3.05) is 6.61 Å². The number of benzene rings is 4. The van der Waals surface area contributed by atoms with Crippen LogP contribution in [0.5, 0.6) is 0 Å². The van der Waals surface area contributed by atoms with Gasteiger partial charge >= 0.3 is 5.97 Å². The highest BCUT2D eigenvalue weighted by molar-refractivity contribution is 6.05. The Bertz CT molecular complexity index is 1550. The van der Waals surface area contributed by atoms with E-state index in [2.05, 4.69) is 17.4 Å². The Balaban J connectivity index is 1.32. The lowest BCUT2D eigenvalue weighted by Crippen LogP contribution is -2.46. The lowest BCUT2D eigenvalue weighted by molar-refractivity contribution is -0.155. The molecule has 1 unspecified atom stereocenters. The maximum atomic E-state index is 13.4. The molecule has 2 amide bonds. The number of carbonyl (C=O) groups excluding carboxylic acids is 3. The van der Waals surface area contributed by atoms with E-state index in [0.717, 1.165) is 27.6 Å². The fourth-order valence-corrected chi connectivity index (χ4v) is 4.82. The van der Waals surface area contributed by atoms with Gasteiger partial charge in [0.25, 0.3) is 11.8 Å². The molecule has 0 aliphatic carbocycles. The Hall–Kier alpha value is -4.78. The molecule has 0 saturated heterocycles. The summed E-state index contributed by atoms with van der Waals surface area (Å²) in [5, 5.41) is 11.1. The van der Waals surface area contributed by atoms with E-state index in [1.165, 1.54) is 5.01 Å². The molecule has 0 aromatic heterocycles. The molecule has 40 heavy (non-hydrogen) atoms.